The van der Waals surface area contributed by atoms with Gasteiger partial charge in [0.15, 0.2) is 0 Å². The average Bonchev–Trinajstić information content (AvgIpc) is 2.94. The lowest BCUT2D eigenvalue weighted by Gasteiger charge is -2.35. The molecule has 1 aliphatic heterocycles. The summed E-state index contributed by atoms with van der Waals surface area (Å²) in [5, 5.41) is 12.9. The van der Waals surface area contributed by atoms with Gasteiger partial charge in [-0.3, -0.25) is 9.59 Å². The van der Waals surface area contributed by atoms with E-state index in [1.165, 1.54) is 11.4 Å². The van der Waals surface area contributed by atoms with E-state index in [0.717, 1.165) is 25.5 Å². The van der Waals surface area contributed by atoms with E-state index in [0.29, 0.717) is 23.6 Å². The molecule has 2 aromatic rings. The van der Waals surface area contributed by atoms with Crippen molar-refractivity contribution in [2.75, 3.05) is 44.9 Å². The number of fused-ring (bicyclic) bond motifs is 1. The topological polar surface area (TPSA) is 125 Å². The van der Waals surface area contributed by atoms with E-state index in [9.17, 15) is 23.1 Å². The van der Waals surface area contributed by atoms with Crippen LogP contribution in [0.15, 0.2) is 48.5 Å². The lowest BCUT2D eigenvalue weighted by molar-refractivity contribution is -0.00828. The van der Waals surface area contributed by atoms with Crippen molar-refractivity contribution in [3.8, 4) is 5.75 Å². The van der Waals surface area contributed by atoms with Crippen LogP contribution < -0.4 is 10.1 Å². The normalized spacial score (nSPS) is 21.9. The molecule has 0 radical (unpaired) electrons. The third-order valence-corrected chi connectivity index (χ3v) is 8.63. The zero-order chi connectivity index (χ0) is 30.2. The predicted octanol–water partition coefficient (Wildman–Crippen LogP) is 3.63. The van der Waals surface area contributed by atoms with Crippen molar-refractivity contribution < 1.29 is 32.6 Å². The van der Waals surface area contributed by atoms with Crippen LogP contribution in [-0.4, -0.2) is 92.4 Å². The summed E-state index contributed by atoms with van der Waals surface area (Å²) in [5.41, 5.74) is 1.18. The van der Waals surface area contributed by atoms with Gasteiger partial charge >= 0.3 is 0 Å². The van der Waals surface area contributed by atoms with Gasteiger partial charge in [0.25, 0.3) is 11.8 Å². The van der Waals surface area contributed by atoms with Crippen molar-refractivity contribution in [1.82, 2.24) is 9.21 Å². The molecule has 2 N–H and O–H groups in total. The Morgan fingerprint density at radius 1 is 1.17 bits per heavy atom. The molecule has 4 atom stereocenters. The van der Waals surface area contributed by atoms with Crippen LogP contribution >= 0.6 is 0 Å². The van der Waals surface area contributed by atoms with E-state index in [1.54, 1.807) is 54.3 Å². The van der Waals surface area contributed by atoms with Gasteiger partial charge in [-0.25, -0.2) is 12.7 Å². The van der Waals surface area contributed by atoms with E-state index in [-0.39, 0.29) is 49.1 Å². The number of rotatable bonds is 7. The monoisotopic (exact) mass is 589 g/mol. The van der Waals surface area contributed by atoms with Gasteiger partial charge in [0, 0.05) is 43.9 Å². The van der Waals surface area contributed by atoms with Gasteiger partial charge in [-0.1, -0.05) is 25.1 Å². The van der Waals surface area contributed by atoms with Crippen LogP contribution in [0.25, 0.3) is 0 Å². The molecule has 3 rings (SSSR count). The summed E-state index contributed by atoms with van der Waals surface area (Å²) in [4.78, 5) is 28.5. The molecule has 0 spiro atoms. The van der Waals surface area contributed by atoms with E-state index < -0.39 is 22.2 Å². The third kappa shape index (κ3) is 9.26. The number of sulfonamides is 1. The standard InChI is InChI=1S/C30H43N3O7S/c1-21-18-33(22(2)20-34)30(36)26-17-25(31-29(35)24-12-7-6-8-13-24)14-15-27(26)40-23(3)11-9-10-16-39-28(21)19-32(4)41(5,37)38/h6-8,12-15,17,21-23,28,34H,9-11,16,18-20H2,1-5H3,(H,31,35)/t21-,22-,23-,28+/m1/s1. The van der Waals surface area contributed by atoms with E-state index in [4.69, 9.17) is 9.47 Å². The minimum atomic E-state index is -3.43. The molecule has 0 saturated carbocycles. The average molecular weight is 590 g/mol. The molecule has 0 saturated heterocycles. The number of hydrogen-bond acceptors (Lipinski definition) is 7. The Morgan fingerprint density at radius 3 is 2.54 bits per heavy atom. The van der Waals surface area contributed by atoms with Crippen molar-refractivity contribution >= 4 is 27.5 Å². The highest BCUT2D eigenvalue weighted by Crippen LogP contribution is 2.29. The molecule has 2 amide bonds. The number of nitrogens with one attached hydrogen (secondary N) is 1. The Morgan fingerprint density at radius 2 is 1.88 bits per heavy atom. The van der Waals surface area contributed by atoms with E-state index in [2.05, 4.69) is 5.32 Å². The number of aliphatic hydroxyl groups excluding tert-OH is 1. The number of benzene rings is 2. The van der Waals surface area contributed by atoms with E-state index in [1.807, 2.05) is 19.9 Å². The zero-order valence-electron chi connectivity index (χ0n) is 24.6. The van der Waals surface area contributed by atoms with Gasteiger partial charge < -0.3 is 24.8 Å². The number of nitrogens with zero attached hydrogens (tertiary/aromatic N) is 2. The number of carbonyl (C=O) groups excluding carboxylic acids is 2. The highest BCUT2D eigenvalue weighted by molar-refractivity contribution is 7.88. The number of hydrogen-bond donors (Lipinski definition) is 2. The molecule has 0 unspecified atom stereocenters. The molecule has 11 heteroatoms. The summed E-state index contributed by atoms with van der Waals surface area (Å²) < 4.78 is 37.9. The molecule has 0 fully saturated rings. The van der Waals surface area contributed by atoms with Gasteiger partial charge in [-0.05, 0) is 63.4 Å². The van der Waals surface area contributed by atoms with Crippen molar-refractivity contribution in [2.45, 2.75) is 58.3 Å². The van der Waals surface area contributed by atoms with Crippen molar-refractivity contribution in [3.63, 3.8) is 0 Å². The predicted molar refractivity (Wildman–Crippen MR) is 159 cm³/mol. The van der Waals surface area contributed by atoms with Crippen LogP contribution in [0.3, 0.4) is 0 Å². The second-order valence-corrected chi connectivity index (χ2v) is 13.0. The summed E-state index contributed by atoms with van der Waals surface area (Å²) >= 11 is 0. The fourth-order valence-corrected chi connectivity index (χ4v) is 5.06. The van der Waals surface area contributed by atoms with Crippen LogP contribution in [0.1, 0.15) is 60.7 Å². The number of likely N-dealkylation sites (N-methyl/N-ethyl adjacent to an activating group) is 1. The fourth-order valence-electron chi connectivity index (χ4n) is 4.64. The molecule has 1 heterocycles. The smallest absolute Gasteiger partial charge is 0.258 e. The quantitative estimate of drug-likeness (QED) is 0.505. The molecule has 0 aliphatic carbocycles. The zero-order valence-corrected chi connectivity index (χ0v) is 25.4. The molecule has 10 nitrogen and oxygen atoms in total. The van der Waals surface area contributed by atoms with Crippen LogP contribution in [0.4, 0.5) is 5.69 Å². The van der Waals surface area contributed by atoms with Gasteiger partial charge in [0.2, 0.25) is 10.0 Å². The second kappa shape index (κ2) is 14.8. The van der Waals surface area contributed by atoms with Crippen molar-refractivity contribution in [3.05, 3.63) is 59.7 Å². The van der Waals surface area contributed by atoms with Crippen LogP contribution in [0, 0.1) is 5.92 Å². The Labute approximate surface area is 243 Å². The molecular formula is C30H43N3O7S. The highest BCUT2D eigenvalue weighted by atomic mass is 32.2. The lowest BCUT2D eigenvalue weighted by atomic mass is 10.0. The maximum Gasteiger partial charge on any atom is 0.258 e. The largest absolute Gasteiger partial charge is 0.490 e. The summed E-state index contributed by atoms with van der Waals surface area (Å²) in [7, 11) is -1.92. The van der Waals surface area contributed by atoms with Gasteiger partial charge in [0.1, 0.15) is 5.75 Å². The summed E-state index contributed by atoms with van der Waals surface area (Å²) in [6.07, 6.45) is 2.81. The molecular weight excluding hydrogens is 546 g/mol. The summed E-state index contributed by atoms with van der Waals surface area (Å²) in [6, 6.07) is 13.2. The van der Waals surface area contributed by atoms with Crippen LogP contribution in [0.5, 0.6) is 5.75 Å². The third-order valence-electron chi connectivity index (χ3n) is 7.35. The highest BCUT2D eigenvalue weighted by Gasteiger charge is 2.31. The minimum absolute atomic E-state index is 0.140. The van der Waals surface area contributed by atoms with Crippen LogP contribution in [0.2, 0.25) is 0 Å². The maximum atomic E-state index is 14.1. The summed E-state index contributed by atoms with van der Waals surface area (Å²) in [5.74, 6) is -0.546. The van der Waals surface area contributed by atoms with Gasteiger partial charge in [-0.2, -0.15) is 0 Å². The first-order chi connectivity index (χ1) is 19.4. The number of aliphatic hydroxyl groups is 1. The first-order valence-electron chi connectivity index (χ1n) is 14.0. The van der Waals surface area contributed by atoms with Crippen LogP contribution in [-0.2, 0) is 14.8 Å². The van der Waals surface area contributed by atoms with Gasteiger partial charge in [0.05, 0.1) is 36.7 Å². The molecule has 0 aromatic heterocycles. The minimum Gasteiger partial charge on any atom is -0.490 e. The lowest BCUT2D eigenvalue weighted by Crippen LogP contribution is -2.47. The Hall–Kier alpha value is -2.99. The Bertz CT molecular complexity index is 1270. The molecule has 41 heavy (non-hydrogen) atoms. The van der Waals surface area contributed by atoms with Crippen molar-refractivity contribution in [1.29, 1.82) is 0 Å². The number of anilines is 1. The number of amides is 2. The SMILES string of the molecule is C[C@@H]1CCCCO[C@@H](CN(C)S(C)(=O)=O)[C@H](C)CN([C@H](C)CO)C(=O)c2cc(NC(=O)c3ccccc3)ccc2O1. The second-order valence-electron chi connectivity index (χ2n) is 10.9. The molecule has 2 aromatic carbocycles. The first-order valence-corrected chi connectivity index (χ1v) is 15.9. The molecule has 0 bridgehead atoms. The number of carbonyl (C=O) groups is 2. The van der Waals surface area contributed by atoms with E-state index >= 15 is 0 Å². The van der Waals surface area contributed by atoms with Crippen molar-refractivity contribution in [2.24, 2.45) is 5.92 Å². The molecule has 226 valence electrons. The first kappa shape index (κ1) is 32.5. The Kier molecular flexibility index (Phi) is 11.7. The Balaban J connectivity index is 1.99. The number of ether oxygens (including phenoxy) is 2. The fraction of sp³-hybridized carbons (Fsp3) is 0.533. The van der Waals surface area contributed by atoms with Gasteiger partial charge in [-0.15, -0.1) is 0 Å². The summed E-state index contributed by atoms with van der Waals surface area (Å²) in [6.45, 7) is 6.11. The maximum absolute atomic E-state index is 14.1. The molecule has 1 aliphatic rings.